The molecular formula is C93H147N5O13. The Balaban J connectivity index is 0.00000123. The number of nitrogens with zero attached hydrogens (tertiary/aromatic N) is 4. The van der Waals surface area contributed by atoms with Gasteiger partial charge >= 0.3 is 17.9 Å². The van der Waals surface area contributed by atoms with E-state index in [9.17, 15) is 43.2 Å². The Morgan fingerprint density at radius 3 is 1.26 bits per heavy atom. The summed E-state index contributed by atoms with van der Waals surface area (Å²) >= 11 is 0. The maximum absolute atomic E-state index is 11.7. The second-order valence-corrected chi connectivity index (χ2v) is 37.5. The zero-order chi connectivity index (χ0) is 85.4. The minimum Gasteiger partial charge on any atom is -0.460 e. The maximum Gasteiger partial charge on any atom is 0.316 e. The molecule has 4 heterocycles. The van der Waals surface area contributed by atoms with Crippen molar-refractivity contribution in [3.63, 3.8) is 0 Å². The largest absolute Gasteiger partial charge is 0.460 e. The molecule has 5 aromatic rings. The van der Waals surface area contributed by atoms with Crippen LogP contribution in [0.4, 0.5) is 0 Å². The zero-order valence-electron chi connectivity index (χ0n) is 74.1. The SMILES string of the molecule is CC(C)(C)C(=O)CC1CC1.CC(C)(C)C(=O)Cc1cccnc1.CC(C)(C)C(=O)OCc1ccccc1.CC(C)(C)C(=O)Oc1ccccc1.CC(C)(C)C(=O)c1cc[nH]c1.CC(C)(C)C(=O)c1ccccc1.CC(C)(C)OC(=O)C(C)(C)C.CC(C)C(=O)CCN1CCN(C)CC1.CC(C)C(=O)CCN1CCOCC1. The van der Waals surface area contributed by atoms with E-state index in [1.165, 1.54) is 12.8 Å². The second-order valence-electron chi connectivity index (χ2n) is 37.5. The van der Waals surface area contributed by atoms with Crippen LogP contribution in [-0.4, -0.2) is 155 Å². The van der Waals surface area contributed by atoms with Gasteiger partial charge in [0.25, 0.3) is 0 Å². The average Bonchev–Trinajstić information content (AvgIpc) is 1.85. The van der Waals surface area contributed by atoms with E-state index in [1.54, 1.807) is 43.0 Å². The Morgan fingerprint density at radius 1 is 0.468 bits per heavy atom. The van der Waals surface area contributed by atoms with Gasteiger partial charge in [0.2, 0.25) is 0 Å². The average molecular weight is 1540 g/mol. The molecule has 2 aliphatic heterocycles. The highest BCUT2D eigenvalue weighted by molar-refractivity contribution is 6.00. The summed E-state index contributed by atoms with van der Waals surface area (Å²) in [7, 11) is 2.15. The highest BCUT2D eigenvalue weighted by Crippen LogP contribution is 2.35. The molecule has 2 aromatic heterocycles. The van der Waals surface area contributed by atoms with Gasteiger partial charge in [0.05, 0.1) is 29.5 Å². The number of hydrogen-bond donors (Lipinski definition) is 1. The smallest absolute Gasteiger partial charge is 0.316 e. The zero-order valence-corrected chi connectivity index (χ0v) is 74.1. The minimum absolute atomic E-state index is 0.109. The van der Waals surface area contributed by atoms with Crippen molar-refractivity contribution in [1.29, 1.82) is 0 Å². The molecule has 18 heteroatoms. The van der Waals surface area contributed by atoms with Gasteiger partial charge in [0.1, 0.15) is 41.1 Å². The Bertz CT molecular complexity index is 3400. The number of piperazine rings is 1. The van der Waals surface area contributed by atoms with Crippen LogP contribution in [0, 0.1) is 55.7 Å². The Labute approximate surface area is 670 Å². The number of morpholine rings is 1. The number of pyridine rings is 1. The van der Waals surface area contributed by atoms with Gasteiger partial charge in [-0.15, -0.1) is 0 Å². The number of ether oxygens (including phenoxy) is 4. The second kappa shape index (κ2) is 49.8. The predicted molar refractivity (Wildman–Crippen MR) is 452 cm³/mol. The number of benzene rings is 3. The lowest BCUT2D eigenvalue weighted by Gasteiger charge is -2.32. The highest BCUT2D eigenvalue weighted by atomic mass is 16.6. The highest BCUT2D eigenvalue weighted by Gasteiger charge is 2.31. The molecule has 18 nitrogen and oxygen atoms in total. The molecule has 0 amide bonds. The van der Waals surface area contributed by atoms with Gasteiger partial charge in [0, 0.05) is 147 Å². The summed E-state index contributed by atoms with van der Waals surface area (Å²) in [4.78, 5) is 117. The summed E-state index contributed by atoms with van der Waals surface area (Å²) in [6.45, 7) is 63.7. The van der Waals surface area contributed by atoms with E-state index < -0.39 is 16.2 Å². The van der Waals surface area contributed by atoms with E-state index in [-0.39, 0.29) is 74.4 Å². The van der Waals surface area contributed by atoms with Crippen molar-refractivity contribution in [2.75, 3.05) is 72.6 Å². The molecular weight excluding hydrogens is 1400 g/mol. The Hall–Kier alpha value is -7.64. The van der Waals surface area contributed by atoms with E-state index in [4.69, 9.17) is 18.9 Å². The molecule has 3 fully saturated rings. The number of carbonyl (C=O) groups is 9. The lowest BCUT2D eigenvalue weighted by Crippen LogP contribution is -2.45. The fourth-order valence-electron chi connectivity index (χ4n) is 8.89. The van der Waals surface area contributed by atoms with E-state index in [2.05, 4.69) is 31.7 Å². The lowest BCUT2D eigenvalue weighted by atomic mass is 9.87. The number of H-pyrrole nitrogens is 1. The summed E-state index contributed by atoms with van der Waals surface area (Å²) < 4.78 is 20.7. The van der Waals surface area contributed by atoms with Crippen molar-refractivity contribution in [2.24, 2.45) is 55.7 Å². The standard InChI is InChI=1S/C12H16O2.C11H22N2O.C11H15NO.C11H14O2.C11H14O.C10H19NO2.C9H13NO.C9H18O2.C9H16O/c1-12(2,3)11(13)14-9-10-7-5-4-6-8-10;1-10(2)11(14)4-5-13-8-6-12(3)7-9-13;1-11(2,3)10(13)7-9-5-4-6-12-8-9;1-11(2,3)10(12)13-9-7-5-4-6-8-9;1-11(2,3)10(12)9-7-5-4-6-8-9;1-9(2)10(12)3-4-11-5-7-13-8-6-11;1-9(2,3)8(11)7-4-5-10-6-7;1-8(2,3)7(10)11-9(4,5)6;1-9(2,3)8(10)6-7-4-5-7/h4-8H,9H2,1-3H3;10H,4-9H2,1-3H3;4-6,8H,7H2,1-3H3;4-8H,1-3H3;4-8H,1-3H3;9H,3-8H2,1-2H3;4-6,10H,1-3H3;1-6H3;7H,4-6H2,1-3H3. The third-order valence-electron chi connectivity index (χ3n) is 16.9. The van der Waals surface area contributed by atoms with Crippen LogP contribution in [0.2, 0.25) is 0 Å². The third-order valence-corrected chi connectivity index (χ3v) is 16.9. The van der Waals surface area contributed by atoms with Gasteiger partial charge < -0.3 is 33.7 Å². The summed E-state index contributed by atoms with van der Waals surface area (Å²) in [6, 6.07) is 33.8. The number of esters is 3. The molecule has 3 aromatic carbocycles. The molecule has 3 aliphatic rings. The summed E-state index contributed by atoms with van der Waals surface area (Å²) in [6.07, 6.45) is 12.2. The number of hydrogen-bond acceptors (Lipinski definition) is 17. The third kappa shape index (κ3) is 50.9. The van der Waals surface area contributed by atoms with Crippen LogP contribution < -0.4 is 4.74 Å². The number of para-hydroxylation sites is 1. The predicted octanol–water partition coefficient (Wildman–Crippen LogP) is 19.4. The maximum atomic E-state index is 11.7. The number of aromatic amines is 1. The van der Waals surface area contributed by atoms with Crippen molar-refractivity contribution in [3.05, 3.63) is 156 Å². The molecule has 0 radical (unpaired) electrons. The monoisotopic (exact) mass is 1540 g/mol. The molecule has 2 saturated heterocycles. The first kappa shape index (κ1) is 103. The number of carbonyl (C=O) groups excluding carboxylic acids is 9. The molecule has 0 spiro atoms. The van der Waals surface area contributed by atoms with Crippen LogP contribution >= 0.6 is 0 Å². The van der Waals surface area contributed by atoms with Crippen LogP contribution in [0.25, 0.3) is 0 Å². The van der Waals surface area contributed by atoms with E-state index >= 15 is 0 Å². The number of ketones is 6. The van der Waals surface area contributed by atoms with Crippen LogP contribution in [0.5, 0.6) is 5.75 Å². The molecule has 0 bridgehead atoms. The molecule has 1 N–H and O–H groups in total. The first-order chi connectivity index (χ1) is 50.9. The summed E-state index contributed by atoms with van der Waals surface area (Å²) in [5.41, 5.74) is 1.01. The fraction of sp³-hybridized carbons (Fsp3) is 0.613. The van der Waals surface area contributed by atoms with Crippen LogP contribution in [-0.2, 0) is 60.8 Å². The first-order valence-electron chi connectivity index (χ1n) is 39.7. The molecule has 622 valence electrons. The quantitative estimate of drug-likeness (QED) is 0.0518. The Morgan fingerprint density at radius 2 is 0.892 bits per heavy atom. The molecule has 1 saturated carbocycles. The van der Waals surface area contributed by atoms with E-state index in [0.29, 0.717) is 42.5 Å². The summed E-state index contributed by atoms with van der Waals surface area (Å²) in [5, 5.41) is 0. The number of likely N-dealkylation sites (N-methyl/N-ethyl adjacent to an activating group) is 1. The van der Waals surface area contributed by atoms with Gasteiger partial charge in [0.15, 0.2) is 11.6 Å². The van der Waals surface area contributed by atoms with Gasteiger partial charge in [-0.1, -0.05) is 196 Å². The topological polar surface area (TPSA) is 229 Å². The van der Waals surface area contributed by atoms with Crippen molar-refractivity contribution in [3.8, 4) is 5.75 Å². The van der Waals surface area contributed by atoms with Gasteiger partial charge in [-0.05, 0) is 144 Å². The number of aromatic nitrogens is 2. The molecule has 1 aliphatic carbocycles. The fourth-order valence-corrected chi connectivity index (χ4v) is 8.89. The van der Waals surface area contributed by atoms with Crippen LogP contribution in [0.3, 0.4) is 0 Å². The van der Waals surface area contributed by atoms with Gasteiger partial charge in [-0.3, -0.25) is 53.0 Å². The van der Waals surface area contributed by atoms with Crippen LogP contribution in [0.15, 0.2) is 134 Å². The molecule has 111 heavy (non-hydrogen) atoms. The minimum atomic E-state index is -0.449. The molecule has 0 unspecified atom stereocenters. The van der Waals surface area contributed by atoms with Crippen molar-refractivity contribution >= 4 is 52.6 Å². The number of nitrogens with one attached hydrogen (secondary N) is 1. The van der Waals surface area contributed by atoms with Gasteiger partial charge in [-0.2, -0.15) is 0 Å². The van der Waals surface area contributed by atoms with E-state index in [1.807, 2.05) is 285 Å². The van der Waals surface area contributed by atoms with E-state index in [0.717, 1.165) is 107 Å². The van der Waals surface area contributed by atoms with Gasteiger partial charge in [-0.25, -0.2) is 0 Å². The van der Waals surface area contributed by atoms with Crippen LogP contribution in [0.1, 0.15) is 258 Å². The first-order valence-corrected chi connectivity index (χ1v) is 39.7. The normalized spacial score (nSPS) is 14.2. The number of rotatable bonds is 17. The van der Waals surface area contributed by atoms with Crippen molar-refractivity contribution in [1.82, 2.24) is 24.7 Å². The van der Waals surface area contributed by atoms with Crippen molar-refractivity contribution < 1.29 is 62.1 Å². The number of Topliss-reactive ketones (excluding diaryl/α,β-unsaturated/α-hetero) is 6. The van der Waals surface area contributed by atoms with Crippen molar-refractivity contribution in [2.45, 2.75) is 245 Å². The molecule has 8 rings (SSSR count). The lowest BCUT2D eigenvalue weighted by molar-refractivity contribution is -0.164. The Kier molecular flexibility index (Phi) is 46.3. The molecule has 0 atom stereocenters. The summed E-state index contributed by atoms with van der Waals surface area (Å²) in [5.74, 6) is 3.01.